The third-order valence-corrected chi connectivity index (χ3v) is 4.03. The Balaban J connectivity index is 0.00000192. The lowest BCUT2D eigenvalue weighted by Crippen LogP contribution is -2.37. The summed E-state index contributed by atoms with van der Waals surface area (Å²) in [5.41, 5.74) is 0.742. The fraction of sp³-hybridized carbons (Fsp3) is 0.357. The first kappa shape index (κ1) is 17.6. The summed E-state index contributed by atoms with van der Waals surface area (Å²) in [7, 11) is 0. The van der Waals surface area contributed by atoms with Crippen molar-refractivity contribution in [2.24, 2.45) is 0 Å². The average Bonchev–Trinajstić information content (AvgIpc) is 3.18. The summed E-state index contributed by atoms with van der Waals surface area (Å²) in [6.07, 6.45) is 0. The van der Waals surface area contributed by atoms with E-state index < -0.39 is 0 Å². The van der Waals surface area contributed by atoms with Crippen LogP contribution in [0.15, 0.2) is 28.8 Å². The Kier molecular flexibility index (Phi) is 6.26. The number of ether oxygens (including phenoxy) is 1. The van der Waals surface area contributed by atoms with Crippen LogP contribution in [0, 0.1) is 6.92 Å². The number of anilines is 1. The molecule has 2 aromatic rings. The van der Waals surface area contributed by atoms with Crippen LogP contribution in [0.4, 0.5) is 5.69 Å². The fourth-order valence-corrected chi connectivity index (χ4v) is 2.92. The highest BCUT2D eigenvalue weighted by Gasteiger charge is 2.22. The van der Waals surface area contributed by atoms with Crippen molar-refractivity contribution in [1.29, 1.82) is 0 Å². The molecule has 1 aromatic heterocycles. The topological polar surface area (TPSA) is 89.3 Å². The molecule has 1 amide bonds. The van der Waals surface area contributed by atoms with Crippen molar-refractivity contribution >= 4 is 35.8 Å². The summed E-state index contributed by atoms with van der Waals surface area (Å²) in [5.74, 6) is 3.29. The van der Waals surface area contributed by atoms with Crippen LogP contribution in [-0.2, 0) is 11.4 Å². The minimum Gasteiger partial charge on any atom is -0.485 e. The van der Waals surface area contributed by atoms with Crippen LogP contribution in [-0.4, -0.2) is 33.7 Å². The lowest BCUT2D eigenvalue weighted by molar-refractivity contribution is -0.117. The van der Waals surface area contributed by atoms with E-state index in [9.17, 15) is 4.79 Å². The third kappa shape index (κ3) is 4.85. The second-order valence-electron chi connectivity index (χ2n) is 4.80. The quantitative estimate of drug-likeness (QED) is 0.846. The van der Waals surface area contributed by atoms with Crippen molar-refractivity contribution < 1.29 is 14.1 Å². The van der Waals surface area contributed by atoms with Gasteiger partial charge in [0.25, 0.3) is 0 Å². The van der Waals surface area contributed by atoms with E-state index in [1.165, 1.54) is 0 Å². The van der Waals surface area contributed by atoms with E-state index in [0.717, 1.165) is 17.3 Å². The van der Waals surface area contributed by atoms with Gasteiger partial charge in [-0.15, -0.1) is 24.2 Å². The minimum absolute atomic E-state index is 0. The first-order valence-corrected chi connectivity index (χ1v) is 8.00. The number of amides is 1. The molecular weight excluding hydrogens is 340 g/mol. The number of thioether (sulfide) groups is 1. The van der Waals surface area contributed by atoms with Crippen molar-refractivity contribution in [3.8, 4) is 5.75 Å². The molecule has 1 aromatic carbocycles. The van der Waals surface area contributed by atoms with E-state index in [1.807, 2.05) is 0 Å². The van der Waals surface area contributed by atoms with Crippen LogP contribution < -0.4 is 15.4 Å². The van der Waals surface area contributed by atoms with Gasteiger partial charge < -0.3 is 14.6 Å². The predicted octanol–water partition coefficient (Wildman–Crippen LogP) is 1.98. The lowest BCUT2D eigenvalue weighted by Gasteiger charge is -2.11. The fourth-order valence-electron chi connectivity index (χ4n) is 1.98. The Morgan fingerprint density at radius 3 is 2.87 bits per heavy atom. The number of halogens is 1. The van der Waals surface area contributed by atoms with Crippen LogP contribution in [0.1, 0.15) is 11.7 Å². The molecule has 9 heteroatoms. The molecule has 7 nitrogen and oxygen atoms in total. The molecule has 124 valence electrons. The van der Waals surface area contributed by atoms with E-state index in [-0.39, 0.29) is 31.0 Å². The van der Waals surface area contributed by atoms with Crippen LogP contribution in [0.2, 0.25) is 0 Å². The van der Waals surface area contributed by atoms with Crippen molar-refractivity contribution in [1.82, 2.24) is 15.5 Å². The van der Waals surface area contributed by atoms with Gasteiger partial charge in [-0.3, -0.25) is 10.1 Å². The van der Waals surface area contributed by atoms with Gasteiger partial charge in [0.1, 0.15) is 5.75 Å². The molecule has 1 fully saturated rings. The summed E-state index contributed by atoms with van der Waals surface area (Å²) in [4.78, 5) is 16.0. The number of nitrogens with one attached hydrogen (secondary N) is 2. The molecule has 3 rings (SSSR count). The summed E-state index contributed by atoms with van der Waals surface area (Å²) in [6.45, 7) is 1.97. The first-order valence-electron chi connectivity index (χ1n) is 6.85. The maximum absolute atomic E-state index is 12.0. The highest BCUT2D eigenvalue weighted by atomic mass is 35.5. The number of aromatic nitrogens is 2. The Hall–Kier alpha value is -1.77. The maximum Gasteiger partial charge on any atom is 0.242 e. The zero-order chi connectivity index (χ0) is 15.4. The van der Waals surface area contributed by atoms with Gasteiger partial charge >= 0.3 is 0 Å². The smallest absolute Gasteiger partial charge is 0.242 e. The zero-order valence-electron chi connectivity index (χ0n) is 12.4. The number of benzene rings is 1. The number of hydrogen-bond donors (Lipinski definition) is 2. The largest absolute Gasteiger partial charge is 0.485 e. The molecule has 0 spiro atoms. The van der Waals surface area contributed by atoms with E-state index >= 15 is 0 Å². The van der Waals surface area contributed by atoms with Crippen LogP contribution in [0.3, 0.4) is 0 Å². The number of hydrogen-bond acceptors (Lipinski definition) is 7. The molecular formula is C14H17ClN4O3S. The minimum atomic E-state index is -0.123. The Morgan fingerprint density at radius 2 is 2.26 bits per heavy atom. The monoisotopic (exact) mass is 356 g/mol. The molecule has 1 aliphatic heterocycles. The molecule has 1 atom stereocenters. The molecule has 1 aliphatic rings. The molecule has 2 heterocycles. The average molecular weight is 357 g/mol. The second kappa shape index (κ2) is 8.19. The number of carbonyl (C=O) groups is 1. The van der Waals surface area contributed by atoms with Crippen LogP contribution >= 0.6 is 24.2 Å². The molecule has 0 aliphatic carbocycles. The summed E-state index contributed by atoms with van der Waals surface area (Å²) < 4.78 is 10.4. The summed E-state index contributed by atoms with van der Waals surface area (Å²) in [6, 6.07) is 7.06. The summed E-state index contributed by atoms with van der Waals surface area (Å²) in [5, 5.41) is 9.76. The highest BCUT2D eigenvalue weighted by molar-refractivity contribution is 7.99. The van der Waals surface area contributed by atoms with Gasteiger partial charge in [0.15, 0.2) is 6.61 Å². The van der Waals surface area contributed by atoms with Gasteiger partial charge in [-0.25, -0.2) is 0 Å². The van der Waals surface area contributed by atoms with Gasteiger partial charge in [-0.05, 0) is 24.3 Å². The van der Waals surface area contributed by atoms with E-state index in [0.29, 0.717) is 17.5 Å². The van der Waals surface area contributed by atoms with Crippen LogP contribution in [0.5, 0.6) is 5.75 Å². The van der Waals surface area contributed by atoms with E-state index in [2.05, 4.69) is 20.8 Å². The second-order valence-corrected chi connectivity index (χ2v) is 5.83. The van der Waals surface area contributed by atoms with Gasteiger partial charge in [0.05, 0.1) is 6.04 Å². The SMILES string of the molecule is Cc1nc(COc2ccc(NC(=O)C3CSCN3)cc2)no1.Cl. The van der Waals surface area contributed by atoms with E-state index in [1.54, 1.807) is 43.0 Å². The van der Waals surface area contributed by atoms with Crippen molar-refractivity contribution in [2.45, 2.75) is 19.6 Å². The molecule has 0 saturated carbocycles. The maximum atomic E-state index is 12.0. The molecule has 1 saturated heterocycles. The number of carbonyl (C=O) groups excluding carboxylic acids is 1. The summed E-state index contributed by atoms with van der Waals surface area (Å²) >= 11 is 1.72. The van der Waals surface area contributed by atoms with Crippen molar-refractivity contribution in [3.63, 3.8) is 0 Å². The Morgan fingerprint density at radius 1 is 1.48 bits per heavy atom. The highest BCUT2D eigenvalue weighted by Crippen LogP contribution is 2.18. The van der Waals surface area contributed by atoms with Gasteiger partial charge in [-0.1, -0.05) is 5.16 Å². The molecule has 1 unspecified atom stereocenters. The lowest BCUT2D eigenvalue weighted by atomic mass is 10.2. The number of nitrogens with zero attached hydrogens (tertiary/aromatic N) is 2. The number of rotatable bonds is 5. The molecule has 23 heavy (non-hydrogen) atoms. The molecule has 0 radical (unpaired) electrons. The Bertz CT molecular complexity index is 644. The normalized spacial score (nSPS) is 16.7. The van der Waals surface area contributed by atoms with Crippen molar-refractivity contribution in [2.75, 3.05) is 16.9 Å². The predicted molar refractivity (Wildman–Crippen MR) is 89.9 cm³/mol. The first-order chi connectivity index (χ1) is 10.7. The van der Waals surface area contributed by atoms with Gasteiger partial charge in [0.2, 0.25) is 17.6 Å². The Labute approximate surface area is 144 Å². The van der Waals surface area contributed by atoms with E-state index in [4.69, 9.17) is 9.26 Å². The van der Waals surface area contributed by atoms with Crippen molar-refractivity contribution in [3.05, 3.63) is 36.0 Å². The zero-order valence-corrected chi connectivity index (χ0v) is 14.1. The van der Waals surface area contributed by atoms with Gasteiger partial charge in [0, 0.05) is 24.2 Å². The molecule has 0 bridgehead atoms. The standard InChI is InChI=1S/C14H16N4O3S.ClH/c1-9-16-13(18-21-9)6-20-11-4-2-10(3-5-11)17-14(19)12-7-22-8-15-12;/h2-5,12,15H,6-8H2,1H3,(H,17,19);1H. The number of aryl methyl sites for hydroxylation is 1. The van der Waals surface area contributed by atoms with Gasteiger partial charge in [-0.2, -0.15) is 4.98 Å². The van der Waals surface area contributed by atoms with Crippen LogP contribution in [0.25, 0.3) is 0 Å². The third-order valence-electron chi connectivity index (χ3n) is 3.09. The molecule has 2 N–H and O–H groups in total.